The molecule has 0 spiro atoms. The Labute approximate surface area is 149 Å². The second-order valence-electron chi connectivity index (χ2n) is 6.54. The number of carbonyl (C=O) groups is 1. The molecule has 0 bridgehead atoms. The second kappa shape index (κ2) is 7.04. The molecular formula is C17H19N7O2. The van der Waals surface area contributed by atoms with Crippen LogP contribution in [0.4, 0.5) is 0 Å². The number of nitrogens with zero attached hydrogens (tertiary/aromatic N) is 5. The number of aromatic nitrogens is 6. The number of amides is 1. The Balaban J connectivity index is 1.52. The average Bonchev–Trinajstić information content (AvgIpc) is 3.30. The molecule has 0 aliphatic heterocycles. The first kappa shape index (κ1) is 16.4. The van der Waals surface area contributed by atoms with Crippen LogP contribution in [0.25, 0.3) is 5.82 Å². The van der Waals surface area contributed by atoms with E-state index in [4.69, 9.17) is 0 Å². The molecule has 2 aromatic heterocycles. The maximum absolute atomic E-state index is 12.8. The highest BCUT2D eigenvalue weighted by atomic mass is 16.3. The van der Waals surface area contributed by atoms with E-state index in [9.17, 15) is 9.90 Å². The van der Waals surface area contributed by atoms with Gasteiger partial charge in [-0.1, -0.05) is 30.3 Å². The third-order valence-corrected chi connectivity index (χ3v) is 4.78. The van der Waals surface area contributed by atoms with Gasteiger partial charge in [0.1, 0.15) is 11.9 Å². The molecule has 0 radical (unpaired) electrons. The topological polar surface area (TPSA) is 122 Å². The van der Waals surface area contributed by atoms with E-state index in [1.807, 2.05) is 30.3 Å². The Kier molecular flexibility index (Phi) is 4.44. The zero-order valence-electron chi connectivity index (χ0n) is 14.0. The van der Waals surface area contributed by atoms with Gasteiger partial charge in [0.15, 0.2) is 5.82 Å². The third-order valence-electron chi connectivity index (χ3n) is 4.78. The highest BCUT2D eigenvalue weighted by molar-refractivity contribution is 5.97. The largest absolute Gasteiger partial charge is 0.393 e. The van der Waals surface area contributed by atoms with Gasteiger partial charge in [-0.25, -0.2) is 0 Å². The van der Waals surface area contributed by atoms with E-state index >= 15 is 0 Å². The normalized spacial score (nSPS) is 20.3. The summed E-state index contributed by atoms with van der Waals surface area (Å²) < 4.78 is 1.36. The molecule has 9 heteroatoms. The number of aliphatic hydroxyl groups excluding tert-OH is 1. The smallest absolute Gasteiger partial charge is 0.256 e. The molecule has 0 unspecified atom stereocenters. The van der Waals surface area contributed by atoms with Gasteiger partial charge in [-0.2, -0.15) is 9.78 Å². The molecule has 1 aromatic carbocycles. The lowest BCUT2D eigenvalue weighted by Crippen LogP contribution is -2.48. The van der Waals surface area contributed by atoms with Crippen molar-refractivity contribution in [3.8, 4) is 5.82 Å². The van der Waals surface area contributed by atoms with Gasteiger partial charge in [-0.05, 0) is 41.2 Å². The molecule has 1 fully saturated rings. The van der Waals surface area contributed by atoms with Crippen LogP contribution in [0.2, 0.25) is 0 Å². The van der Waals surface area contributed by atoms with Gasteiger partial charge in [-0.15, -0.1) is 5.10 Å². The number of tetrazole rings is 1. The minimum atomic E-state index is -0.277. The van der Waals surface area contributed by atoms with Gasteiger partial charge < -0.3 is 10.4 Å². The summed E-state index contributed by atoms with van der Waals surface area (Å²) in [7, 11) is 0. The molecule has 1 saturated carbocycles. The first-order valence-corrected chi connectivity index (χ1v) is 8.50. The average molecular weight is 353 g/mol. The lowest BCUT2D eigenvalue weighted by molar-refractivity contribution is 0.0239. The fourth-order valence-electron chi connectivity index (χ4n) is 3.29. The highest BCUT2D eigenvalue weighted by Gasteiger charge is 2.35. The summed E-state index contributed by atoms with van der Waals surface area (Å²) in [5, 5.41) is 30.4. The van der Waals surface area contributed by atoms with Crippen molar-refractivity contribution in [3.05, 3.63) is 54.0 Å². The summed E-state index contributed by atoms with van der Waals surface area (Å²) in [6.07, 6.45) is 4.68. The Hall–Kier alpha value is -3.07. The Bertz CT molecular complexity index is 856. The highest BCUT2D eigenvalue weighted by Crippen LogP contribution is 2.32. The molecule has 26 heavy (non-hydrogen) atoms. The molecule has 0 saturated heterocycles. The molecule has 4 rings (SSSR count). The number of hydrogen-bond acceptors (Lipinski definition) is 6. The number of hydrogen-bond donors (Lipinski definition) is 3. The quantitative estimate of drug-likeness (QED) is 0.593. The zero-order chi connectivity index (χ0) is 17.9. The van der Waals surface area contributed by atoms with Gasteiger partial charge in [0.05, 0.1) is 12.3 Å². The van der Waals surface area contributed by atoms with Crippen LogP contribution in [0.5, 0.6) is 0 Å². The first-order valence-electron chi connectivity index (χ1n) is 8.50. The van der Waals surface area contributed by atoms with Crippen molar-refractivity contribution >= 4 is 5.91 Å². The van der Waals surface area contributed by atoms with Gasteiger partial charge in [0.2, 0.25) is 0 Å². The molecule has 1 aliphatic rings. The number of benzene rings is 1. The van der Waals surface area contributed by atoms with E-state index in [0.29, 0.717) is 30.6 Å². The molecule has 9 nitrogen and oxygen atoms in total. The monoisotopic (exact) mass is 353 g/mol. The summed E-state index contributed by atoms with van der Waals surface area (Å²) in [5.74, 6) is 0.420. The summed E-state index contributed by atoms with van der Waals surface area (Å²) >= 11 is 0. The summed E-state index contributed by atoms with van der Waals surface area (Å²) in [6, 6.07) is 9.95. The van der Waals surface area contributed by atoms with E-state index in [1.165, 1.54) is 17.2 Å². The predicted molar refractivity (Wildman–Crippen MR) is 91.4 cm³/mol. The van der Waals surface area contributed by atoms with Gasteiger partial charge >= 0.3 is 0 Å². The fraction of sp³-hybridized carbons (Fsp3) is 0.353. The SMILES string of the molecule is O=C(N[C@H](Cc1ccccc1)C1CC(O)C1)c1cn[nH]c1-n1cnnn1. The van der Waals surface area contributed by atoms with Gasteiger partial charge in [0, 0.05) is 6.04 Å². The molecule has 3 N–H and O–H groups in total. The molecular weight excluding hydrogens is 334 g/mol. The Morgan fingerprint density at radius 2 is 2.15 bits per heavy atom. The molecule has 2 heterocycles. The summed E-state index contributed by atoms with van der Waals surface area (Å²) in [4.78, 5) is 12.8. The van der Waals surface area contributed by atoms with E-state index < -0.39 is 0 Å². The molecule has 1 aliphatic carbocycles. The number of nitrogens with one attached hydrogen (secondary N) is 2. The van der Waals surface area contributed by atoms with Crippen LogP contribution >= 0.6 is 0 Å². The van der Waals surface area contributed by atoms with Crippen molar-refractivity contribution < 1.29 is 9.90 Å². The van der Waals surface area contributed by atoms with E-state index in [0.717, 1.165) is 5.56 Å². The Morgan fingerprint density at radius 1 is 1.35 bits per heavy atom. The third kappa shape index (κ3) is 3.33. The predicted octanol–water partition coefficient (Wildman–Crippen LogP) is 0.497. The minimum absolute atomic E-state index is 0.0649. The van der Waals surface area contributed by atoms with E-state index in [2.05, 4.69) is 31.0 Å². The number of rotatable bonds is 6. The minimum Gasteiger partial charge on any atom is -0.393 e. The van der Waals surface area contributed by atoms with Crippen LogP contribution in [0.1, 0.15) is 28.8 Å². The molecule has 3 aromatic rings. The molecule has 1 amide bonds. The molecule has 134 valence electrons. The lowest BCUT2D eigenvalue weighted by atomic mass is 9.75. The summed E-state index contributed by atoms with van der Waals surface area (Å²) in [5.41, 5.74) is 1.52. The van der Waals surface area contributed by atoms with Crippen molar-refractivity contribution in [2.24, 2.45) is 5.92 Å². The lowest BCUT2D eigenvalue weighted by Gasteiger charge is -2.38. The number of carbonyl (C=O) groups excluding carboxylic acids is 1. The van der Waals surface area contributed by atoms with Crippen LogP contribution < -0.4 is 5.32 Å². The maximum Gasteiger partial charge on any atom is 0.256 e. The van der Waals surface area contributed by atoms with Crippen LogP contribution in [0.15, 0.2) is 42.9 Å². The van der Waals surface area contributed by atoms with Crippen LogP contribution in [-0.4, -0.2) is 53.6 Å². The Morgan fingerprint density at radius 3 is 2.85 bits per heavy atom. The van der Waals surface area contributed by atoms with Crippen LogP contribution in [0, 0.1) is 5.92 Å². The van der Waals surface area contributed by atoms with Crippen molar-refractivity contribution in [2.45, 2.75) is 31.4 Å². The van der Waals surface area contributed by atoms with Gasteiger partial charge in [0.25, 0.3) is 5.91 Å². The van der Waals surface area contributed by atoms with Crippen molar-refractivity contribution in [3.63, 3.8) is 0 Å². The number of aliphatic hydroxyl groups is 1. The van der Waals surface area contributed by atoms with Gasteiger partial charge in [-0.3, -0.25) is 9.89 Å². The van der Waals surface area contributed by atoms with Crippen LogP contribution in [-0.2, 0) is 6.42 Å². The number of aromatic amines is 1. The van der Waals surface area contributed by atoms with Crippen LogP contribution in [0.3, 0.4) is 0 Å². The summed E-state index contributed by atoms with van der Waals surface area (Å²) in [6.45, 7) is 0. The second-order valence-corrected chi connectivity index (χ2v) is 6.54. The van der Waals surface area contributed by atoms with Crippen molar-refractivity contribution in [1.82, 2.24) is 35.7 Å². The zero-order valence-corrected chi connectivity index (χ0v) is 14.0. The van der Waals surface area contributed by atoms with Crippen molar-refractivity contribution in [1.29, 1.82) is 0 Å². The van der Waals surface area contributed by atoms with E-state index in [1.54, 1.807) is 0 Å². The number of H-pyrrole nitrogens is 1. The van der Waals surface area contributed by atoms with Crippen molar-refractivity contribution in [2.75, 3.05) is 0 Å². The first-order chi connectivity index (χ1) is 12.7. The fourth-order valence-corrected chi connectivity index (χ4v) is 3.29. The van der Waals surface area contributed by atoms with E-state index in [-0.39, 0.29) is 24.0 Å². The molecule has 1 atom stereocenters. The maximum atomic E-state index is 12.8. The standard InChI is InChI=1S/C17H19N7O2/c25-13-7-12(8-13)15(6-11-4-2-1-3-5-11)20-17(26)14-9-18-21-16(14)24-10-19-22-23-24/h1-5,9-10,12-13,15,25H,6-8H2,(H,18,21)(H,20,26)/t12?,13?,15-/m1/s1.